The summed E-state index contributed by atoms with van der Waals surface area (Å²) in [5, 5.41) is 17.2. The van der Waals surface area contributed by atoms with Gasteiger partial charge in [0.1, 0.15) is 17.1 Å². The quantitative estimate of drug-likeness (QED) is 0.225. The Kier molecular flexibility index (Phi) is 11.3. The van der Waals surface area contributed by atoms with E-state index in [0.29, 0.717) is 5.76 Å². The van der Waals surface area contributed by atoms with Crippen LogP contribution in [0.5, 0.6) is 0 Å². The summed E-state index contributed by atoms with van der Waals surface area (Å²) < 4.78 is 5.55. The molecule has 1 aromatic rings. The topological polar surface area (TPSA) is 73.0 Å². The third-order valence-corrected chi connectivity index (χ3v) is 4.80. The second kappa shape index (κ2) is 12.6. The Morgan fingerprint density at radius 2 is 1.93 bits per heavy atom. The molecule has 6 nitrogen and oxygen atoms in total. The van der Waals surface area contributed by atoms with Crippen LogP contribution in [0, 0.1) is 6.92 Å². The maximum atomic E-state index is 10.6. The van der Waals surface area contributed by atoms with Gasteiger partial charge in [0.25, 0.3) is 0 Å². The Morgan fingerprint density at radius 3 is 2.52 bits per heavy atom. The van der Waals surface area contributed by atoms with Gasteiger partial charge in [-0.2, -0.15) is 0 Å². The fourth-order valence-electron chi connectivity index (χ4n) is 3.25. The number of likely N-dealkylation sites (tertiary alicyclic amines) is 1. The molecular formula is C20H37IN4O2. The lowest BCUT2D eigenvalue weighted by molar-refractivity contribution is 0.0428. The standard InChI is InChI=1S/C20H36N4O2.HI/c1-4-21-19(22-12-9-15-24-13-7-5-6-8-14-24)23-16-20(3,25)18-11-10-17(2)26-18;/h10-11,25H,4-9,12-16H2,1-3H3,(H2,21,22,23);1H. The number of aliphatic imine (C=N–C) groups is 1. The molecule has 0 bridgehead atoms. The highest BCUT2D eigenvalue weighted by molar-refractivity contribution is 14.0. The highest BCUT2D eigenvalue weighted by atomic mass is 127. The minimum atomic E-state index is -1.11. The highest BCUT2D eigenvalue weighted by Crippen LogP contribution is 2.23. The molecule has 0 saturated carbocycles. The van der Waals surface area contributed by atoms with Crippen molar-refractivity contribution in [2.45, 2.75) is 58.5 Å². The minimum Gasteiger partial charge on any atom is -0.463 e. The summed E-state index contributed by atoms with van der Waals surface area (Å²) in [7, 11) is 0. The first-order valence-corrected chi connectivity index (χ1v) is 10.0. The summed E-state index contributed by atoms with van der Waals surface area (Å²) >= 11 is 0. The number of hydrogen-bond acceptors (Lipinski definition) is 4. The molecule has 1 atom stereocenters. The number of aryl methyl sites for hydroxylation is 1. The first kappa shape index (κ1) is 24.2. The third kappa shape index (κ3) is 8.83. The Hall–Kier alpha value is -0.800. The van der Waals surface area contributed by atoms with Gasteiger partial charge >= 0.3 is 0 Å². The molecule has 0 amide bonds. The van der Waals surface area contributed by atoms with Gasteiger partial charge in [0, 0.05) is 13.1 Å². The predicted octanol–water partition coefficient (Wildman–Crippen LogP) is 3.23. The van der Waals surface area contributed by atoms with E-state index in [0.717, 1.165) is 37.8 Å². The van der Waals surface area contributed by atoms with Gasteiger partial charge in [0.15, 0.2) is 5.96 Å². The van der Waals surface area contributed by atoms with Crippen LogP contribution in [0.25, 0.3) is 0 Å². The first-order valence-electron chi connectivity index (χ1n) is 10.0. The van der Waals surface area contributed by atoms with Crippen molar-refractivity contribution in [3.05, 3.63) is 23.7 Å². The molecule has 0 aliphatic carbocycles. The normalized spacial score (nSPS) is 18.3. The molecular weight excluding hydrogens is 455 g/mol. The molecule has 1 unspecified atom stereocenters. The molecule has 1 aliphatic heterocycles. The monoisotopic (exact) mass is 492 g/mol. The maximum absolute atomic E-state index is 10.6. The van der Waals surface area contributed by atoms with E-state index in [2.05, 4.69) is 20.5 Å². The summed E-state index contributed by atoms with van der Waals surface area (Å²) in [5.41, 5.74) is -1.11. The van der Waals surface area contributed by atoms with Crippen molar-refractivity contribution in [2.75, 3.05) is 39.3 Å². The van der Waals surface area contributed by atoms with E-state index in [4.69, 9.17) is 4.42 Å². The van der Waals surface area contributed by atoms with Crippen LogP contribution in [0.15, 0.2) is 21.5 Å². The number of aliphatic hydroxyl groups is 1. The fourth-order valence-corrected chi connectivity index (χ4v) is 3.25. The number of nitrogens with zero attached hydrogens (tertiary/aromatic N) is 2. The summed E-state index contributed by atoms with van der Waals surface area (Å²) in [5.74, 6) is 2.09. The number of furan rings is 1. The molecule has 2 rings (SSSR count). The molecule has 1 saturated heterocycles. The lowest BCUT2D eigenvalue weighted by Gasteiger charge is -2.21. The van der Waals surface area contributed by atoms with Crippen molar-refractivity contribution in [3.8, 4) is 0 Å². The Balaban J connectivity index is 0.00000364. The average Bonchev–Trinajstić information content (AvgIpc) is 2.90. The van der Waals surface area contributed by atoms with Crippen molar-refractivity contribution < 1.29 is 9.52 Å². The van der Waals surface area contributed by atoms with Crippen molar-refractivity contribution >= 4 is 29.9 Å². The number of nitrogens with one attached hydrogen (secondary N) is 2. The van der Waals surface area contributed by atoms with Gasteiger partial charge in [-0.3, -0.25) is 0 Å². The van der Waals surface area contributed by atoms with Gasteiger partial charge in [-0.15, -0.1) is 24.0 Å². The molecule has 2 heterocycles. The summed E-state index contributed by atoms with van der Waals surface area (Å²) in [6, 6.07) is 3.67. The molecule has 156 valence electrons. The predicted molar refractivity (Wildman–Crippen MR) is 122 cm³/mol. The van der Waals surface area contributed by atoms with E-state index in [1.54, 1.807) is 6.92 Å². The van der Waals surface area contributed by atoms with E-state index in [1.165, 1.54) is 38.8 Å². The SMILES string of the molecule is CCNC(=NCC(C)(O)c1ccc(C)o1)NCCCN1CCCCCC1.I. The Labute approximate surface area is 181 Å². The summed E-state index contributed by atoms with van der Waals surface area (Å²) in [6.07, 6.45) is 6.51. The molecule has 1 fully saturated rings. The molecule has 1 aliphatic rings. The first-order chi connectivity index (χ1) is 12.5. The number of halogens is 1. The second-order valence-electron chi connectivity index (χ2n) is 7.42. The van der Waals surface area contributed by atoms with Crippen LogP contribution in [-0.4, -0.2) is 55.2 Å². The highest BCUT2D eigenvalue weighted by Gasteiger charge is 2.26. The van der Waals surface area contributed by atoms with Crippen molar-refractivity contribution in [3.63, 3.8) is 0 Å². The summed E-state index contributed by atoms with van der Waals surface area (Å²) in [4.78, 5) is 7.11. The van der Waals surface area contributed by atoms with Crippen LogP contribution in [-0.2, 0) is 5.60 Å². The fraction of sp³-hybridized carbons (Fsp3) is 0.750. The number of guanidine groups is 1. The molecule has 3 N–H and O–H groups in total. The Morgan fingerprint density at radius 1 is 1.22 bits per heavy atom. The van der Waals surface area contributed by atoms with Crippen LogP contribution in [0.2, 0.25) is 0 Å². The van der Waals surface area contributed by atoms with Crippen molar-refractivity contribution in [2.24, 2.45) is 4.99 Å². The van der Waals surface area contributed by atoms with E-state index in [-0.39, 0.29) is 30.5 Å². The molecule has 0 spiro atoms. The zero-order chi connectivity index (χ0) is 18.8. The van der Waals surface area contributed by atoms with E-state index < -0.39 is 5.60 Å². The zero-order valence-corrected chi connectivity index (χ0v) is 19.4. The van der Waals surface area contributed by atoms with Gasteiger partial charge < -0.3 is 25.1 Å². The number of hydrogen-bond donors (Lipinski definition) is 3. The van der Waals surface area contributed by atoms with Crippen molar-refractivity contribution in [1.82, 2.24) is 15.5 Å². The average molecular weight is 492 g/mol. The largest absolute Gasteiger partial charge is 0.463 e. The van der Waals surface area contributed by atoms with Gasteiger partial charge in [-0.05, 0) is 71.8 Å². The van der Waals surface area contributed by atoms with Gasteiger partial charge in [-0.1, -0.05) is 12.8 Å². The molecule has 0 radical (unpaired) electrons. The maximum Gasteiger partial charge on any atom is 0.191 e. The van der Waals surface area contributed by atoms with Crippen LogP contribution < -0.4 is 10.6 Å². The molecule has 0 aromatic carbocycles. The minimum absolute atomic E-state index is 0. The molecule has 7 heteroatoms. The van der Waals surface area contributed by atoms with Crippen molar-refractivity contribution in [1.29, 1.82) is 0 Å². The van der Waals surface area contributed by atoms with Crippen LogP contribution in [0.3, 0.4) is 0 Å². The van der Waals surface area contributed by atoms with Gasteiger partial charge in [0.05, 0.1) is 6.54 Å². The summed E-state index contributed by atoms with van der Waals surface area (Å²) in [6.45, 7) is 11.2. The molecule has 27 heavy (non-hydrogen) atoms. The Bertz CT molecular complexity index is 552. The van der Waals surface area contributed by atoms with E-state index in [9.17, 15) is 5.11 Å². The lowest BCUT2D eigenvalue weighted by Crippen LogP contribution is -2.40. The van der Waals surface area contributed by atoms with Gasteiger partial charge in [-0.25, -0.2) is 4.99 Å². The van der Waals surface area contributed by atoms with E-state index in [1.807, 2.05) is 26.0 Å². The smallest absolute Gasteiger partial charge is 0.191 e. The lowest BCUT2D eigenvalue weighted by atomic mass is 10.0. The second-order valence-corrected chi connectivity index (χ2v) is 7.42. The van der Waals surface area contributed by atoms with E-state index >= 15 is 0 Å². The van der Waals surface area contributed by atoms with Gasteiger partial charge in [0.2, 0.25) is 0 Å². The van der Waals surface area contributed by atoms with Crippen LogP contribution in [0.1, 0.15) is 57.5 Å². The number of rotatable bonds is 8. The zero-order valence-electron chi connectivity index (χ0n) is 17.1. The van der Waals surface area contributed by atoms with Crippen LogP contribution >= 0.6 is 24.0 Å². The third-order valence-electron chi connectivity index (χ3n) is 4.80. The molecule has 1 aromatic heterocycles. The van der Waals surface area contributed by atoms with Crippen LogP contribution in [0.4, 0.5) is 0 Å².